The lowest BCUT2D eigenvalue weighted by molar-refractivity contribution is -0.127. The van der Waals surface area contributed by atoms with E-state index < -0.39 is 11.6 Å². The van der Waals surface area contributed by atoms with Crippen LogP contribution in [0.2, 0.25) is 0 Å². The fourth-order valence-corrected chi connectivity index (χ4v) is 3.75. The highest BCUT2D eigenvalue weighted by atomic mass is 35.5. The van der Waals surface area contributed by atoms with Crippen LogP contribution in [-0.4, -0.2) is 48.3 Å². The second kappa shape index (κ2) is 9.92. The van der Waals surface area contributed by atoms with Crippen molar-refractivity contribution in [1.82, 2.24) is 21.3 Å². The number of carbonyl (C=O) groups is 2. The maximum atomic E-state index is 12.8. The van der Waals surface area contributed by atoms with Gasteiger partial charge in [-0.15, -0.1) is 12.4 Å². The van der Waals surface area contributed by atoms with Crippen molar-refractivity contribution in [2.24, 2.45) is 5.92 Å². The second-order valence-corrected chi connectivity index (χ2v) is 7.28. The zero-order valence-corrected chi connectivity index (χ0v) is 16.2. The Bertz CT molecular complexity index is 623. The van der Waals surface area contributed by atoms with Crippen LogP contribution in [0.5, 0.6) is 0 Å². The molecule has 1 aromatic carbocycles. The van der Waals surface area contributed by atoms with Crippen LogP contribution in [0.3, 0.4) is 0 Å². The molecule has 150 valence electrons. The summed E-state index contributed by atoms with van der Waals surface area (Å²) in [6.45, 7) is 2.09. The summed E-state index contributed by atoms with van der Waals surface area (Å²) in [4.78, 5) is 25.1. The van der Waals surface area contributed by atoms with Crippen molar-refractivity contribution in [3.63, 3.8) is 0 Å². The number of halogens is 1. The number of aliphatic hydroxyl groups is 1. The quantitative estimate of drug-likeness (QED) is 0.493. The fourth-order valence-electron chi connectivity index (χ4n) is 3.75. The summed E-state index contributed by atoms with van der Waals surface area (Å²) in [6.07, 6.45) is 2.68. The van der Waals surface area contributed by atoms with Crippen LogP contribution in [-0.2, 0) is 11.3 Å². The van der Waals surface area contributed by atoms with Gasteiger partial charge in [-0.3, -0.25) is 4.79 Å². The van der Waals surface area contributed by atoms with Crippen molar-refractivity contribution in [1.29, 1.82) is 0 Å². The molecule has 0 bridgehead atoms. The molecule has 2 unspecified atom stereocenters. The lowest BCUT2D eigenvalue weighted by Gasteiger charge is -2.30. The number of carbonyl (C=O) groups excluding carboxylic acids is 2. The van der Waals surface area contributed by atoms with Crippen LogP contribution in [0, 0.1) is 5.92 Å². The van der Waals surface area contributed by atoms with Crippen LogP contribution in [0.15, 0.2) is 30.3 Å². The summed E-state index contributed by atoms with van der Waals surface area (Å²) < 4.78 is 0. The van der Waals surface area contributed by atoms with Gasteiger partial charge in [-0.2, -0.15) is 0 Å². The van der Waals surface area contributed by atoms with Gasteiger partial charge < -0.3 is 26.4 Å². The number of amides is 3. The van der Waals surface area contributed by atoms with Crippen LogP contribution in [0.25, 0.3) is 0 Å². The minimum absolute atomic E-state index is 0. The predicted octanol–water partition coefficient (Wildman–Crippen LogP) is 0.917. The summed E-state index contributed by atoms with van der Waals surface area (Å²) in [5, 5.41) is 21.6. The first-order chi connectivity index (χ1) is 12.6. The lowest BCUT2D eigenvalue weighted by atomic mass is 9.95. The van der Waals surface area contributed by atoms with Crippen molar-refractivity contribution >= 4 is 24.3 Å². The molecule has 7 nitrogen and oxygen atoms in total. The number of urea groups is 1. The number of aliphatic hydroxyl groups excluding tert-OH is 1. The highest BCUT2D eigenvalue weighted by Crippen LogP contribution is 2.30. The molecule has 8 heteroatoms. The van der Waals surface area contributed by atoms with Crippen molar-refractivity contribution in [3.8, 4) is 0 Å². The van der Waals surface area contributed by atoms with Crippen LogP contribution < -0.4 is 21.3 Å². The summed E-state index contributed by atoms with van der Waals surface area (Å²) in [7, 11) is 0. The molecule has 5 N–H and O–H groups in total. The van der Waals surface area contributed by atoms with Crippen LogP contribution in [0.4, 0.5) is 4.79 Å². The number of nitrogens with one attached hydrogen (secondary N) is 4. The molecule has 0 radical (unpaired) electrons. The third-order valence-electron chi connectivity index (χ3n) is 5.37. The molecule has 1 aliphatic carbocycles. The van der Waals surface area contributed by atoms with Crippen LogP contribution in [0.1, 0.15) is 31.2 Å². The molecule has 3 amide bonds. The van der Waals surface area contributed by atoms with E-state index in [0.717, 1.165) is 18.4 Å². The maximum Gasteiger partial charge on any atom is 0.315 e. The molecule has 0 aromatic heterocycles. The van der Waals surface area contributed by atoms with E-state index in [1.165, 1.54) is 0 Å². The van der Waals surface area contributed by atoms with E-state index in [1.807, 2.05) is 30.3 Å². The van der Waals surface area contributed by atoms with Crippen LogP contribution >= 0.6 is 12.4 Å². The van der Waals surface area contributed by atoms with Crippen molar-refractivity contribution < 1.29 is 14.7 Å². The van der Waals surface area contributed by atoms with Gasteiger partial charge in [0.15, 0.2) is 0 Å². The Morgan fingerprint density at radius 3 is 2.44 bits per heavy atom. The third kappa shape index (κ3) is 5.57. The van der Waals surface area contributed by atoms with Gasteiger partial charge in [-0.05, 0) is 18.4 Å². The molecule has 1 saturated carbocycles. The SMILES string of the molecule is Cl.O=C(NCc1ccccc1)NC1(C(=O)NCC2CNCC2O)CCCC1. The zero-order valence-electron chi connectivity index (χ0n) is 15.4. The normalized spacial score (nSPS) is 23.3. The number of rotatable bonds is 6. The molecular weight excluding hydrogens is 368 g/mol. The van der Waals surface area contributed by atoms with Gasteiger partial charge >= 0.3 is 6.03 Å². The van der Waals surface area contributed by atoms with Gasteiger partial charge in [0.2, 0.25) is 5.91 Å². The Morgan fingerprint density at radius 1 is 1.11 bits per heavy atom. The molecule has 1 saturated heterocycles. The number of benzene rings is 1. The number of hydrogen-bond acceptors (Lipinski definition) is 4. The van der Waals surface area contributed by atoms with E-state index in [2.05, 4.69) is 21.3 Å². The number of hydrogen-bond donors (Lipinski definition) is 5. The van der Waals surface area contributed by atoms with E-state index >= 15 is 0 Å². The lowest BCUT2D eigenvalue weighted by Crippen LogP contribution is -2.59. The van der Waals surface area contributed by atoms with Gasteiger partial charge in [0, 0.05) is 32.1 Å². The topological polar surface area (TPSA) is 102 Å². The van der Waals surface area contributed by atoms with Gasteiger partial charge in [0.25, 0.3) is 0 Å². The number of β-amino-alcohol motifs (C(OH)–C–C–N with tert-alkyl or cyclic N) is 1. The predicted molar refractivity (Wildman–Crippen MR) is 106 cm³/mol. The molecular formula is C19H29ClN4O3. The Hall–Kier alpha value is -1.83. The minimum Gasteiger partial charge on any atom is -0.391 e. The first kappa shape index (κ1) is 21.5. The summed E-state index contributed by atoms with van der Waals surface area (Å²) in [5.74, 6) is -0.131. The summed E-state index contributed by atoms with van der Waals surface area (Å²) in [5.41, 5.74) is 0.160. The van der Waals surface area contributed by atoms with E-state index in [0.29, 0.717) is 39.0 Å². The van der Waals surface area contributed by atoms with Gasteiger partial charge in [0.1, 0.15) is 5.54 Å². The Labute approximate surface area is 166 Å². The van der Waals surface area contributed by atoms with E-state index in [-0.39, 0.29) is 30.3 Å². The molecule has 0 spiro atoms. The van der Waals surface area contributed by atoms with Crippen molar-refractivity contribution in [3.05, 3.63) is 35.9 Å². The van der Waals surface area contributed by atoms with E-state index in [1.54, 1.807) is 0 Å². The van der Waals surface area contributed by atoms with Gasteiger partial charge in [-0.1, -0.05) is 43.2 Å². The Balaban J connectivity index is 0.00000261. The first-order valence-electron chi connectivity index (χ1n) is 9.36. The molecule has 1 aliphatic heterocycles. The molecule has 1 aromatic rings. The molecule has 2 fully saturated rings. The largest absolute Gasteiger partial charge is 0.391 e. The minimum atomic E-state index is -0.849. The zero-order chi connectivity index (χ0) is 18.4. The molecule has 3 rings (SSSR count). The van der Waals surface area contributed by atoms with Gasteiger partial charge in [-0.25, -0.2) is 4.79 Å². The Morgan fingerprint density at radius 2 is 1.81 bits per heavy atom. The van der Waals surface area contributed by atoms with E-state index in [4.69, 9.17) is 0 Å². The fraction of sp³-hybridized carbons (Fsp3) is 0.579. The smallest absolute Gasteiger partial charge is 0.315 e. The highest BCUT2D eigenvalue weighted by molar-refractivity contribution is 5.91. The van der Waals surface area contributed by atoms with E-state index in [9.17, 15) is 14.7 Å². The molecule has 2 atom stereocenters. The van der Waals surface area contributed by atoms with Gasteiger partial charge in [0.05, 0.1) is 6.10 Å². The van der Waals surface area contributed by atoms with Crippen molar-refractivity contribution in [2.45, 2.75) is 43.9 Å². The van der Waals surface area contributed by atoms with Crippen molar-refractivity contribution in [2.75, 3.05) is 19.6 Å². The average Bonchev–Trinajstić information content (AvgIpc) is 3.28. The summed E-state index contributed by atoms with van der Waals surface area (Å²) in [6, 6.07) is 9.34. The molecule has 2 aliphatic rings. The highest BCUT2D eigenvalue weighted by Gasteiger charge is 2.42. The second-order valence-electron chi connectivity index (χ2n) is 7.28. The molecule has 1 heterocycles. The standard InChI is InChI=1S/C19H28N4O3.ClH/c24-16-13-20-11-15(16)12-21-17(25)19(8-4-5-9-19)23-18(26)22-10-14-6-2-1-3-7-14;/h1-3,6-7,15-16,20,24H,4-5,8-13H2,(H,21,25)(H2,22,23,26);1H. The average molecular weight is 397 g/mol. The molecule has 27 heavy (non-hydrogen) atoms. The summed E-state index contributed by atoms with van der Waals surface area (Å²) >= 11 is 0. The first-order valence-corrected chi connectivity index (χ1v) is 9.36. The maximum absolute atomic E-state index is 12.8. The Kier molecular flexibility index (Phi) is 7.89. The monoisotopic (exact) mass is 396 g/mol. The third-order valence-corrected chi connectivity index (χ3v) is 5.37.